The maximum atomic E-state index is 5.62. The molecule has 1 aromatic carbocycles. The Morgan fingerprint density at radius 2 is 2.07 bits per heavy atom. The molecule has 4 heteroatoms. The minimum absolute atomic E-state index is 0.169. The van der Waals surface area contributed by atoms with Crippen LogP contribution in [-0.4, -0.2) is 21.5 Å². The lowest BCUT2D eigenvalue weighted by molar-refractivity contribution is 0.490. The highest BCUT2D eigenvalue weighted by Crippen LogP contribution is 2.19. The molecule has 0 fully saturated rings. The average molecular weight is 202 g/mol. The Bertz CT molecular complexity index is 421. The average Bonchev–Trinajstić information content (AvgIpc) is 2.78. The number of hydrogen-bond donors (Lipinski definition) is 1. The van der Waals surface area contributed by atoms with Gasteiger partial charge in [-0.25, -0.2) is 4.68 Å². The van der Waals surface area contributed by atoms with E-state index in [1.807, 2.05) is 41.9 Å². The lowest BCUT2D eigenvalue weighted by atomic mass is 10.1. The van der Waals surface area contributed by atoms with Crippen LogP contribution in [0.4, 0.5) is 0 Å². The van der Waals surface area contributed by atoms with Crippen LogP contribution in [-0.2, 0) is 0 Å². The fourth-order valence-corrected chi connectivity index (χ4v) is 1.48. The summed E-state index contributed by atoms with van der Waals surface area (Å²) in [6.07, 6.45) is 1.77. The van der Waals surface area contributed by atoms with Gasteiger partial charge in [-0.2, -0.15) is 0 Å². The van der Waals surface area contributed by atoms with Gasteiger partial charge in [0.25, 0.3) is 0 Å². The molecule has 1 heterocycles. The molecule has 4 nitrogen and oxygen atoms in total. The van der Waals surface area contributed by atoms with Crippen molar-refractivity contribution in [2.24, 2.45) is 5.73 Å². The Morgan fingerprint density at radius 3 is 2.73 bits per heavy atom. The summed E-state index contributed by atoms with van der Waals surface area (Å²) in [4.78, 5) is 0. The van der Waals surface area contributed by atoms with Crippen LogP contribution >= 0.6 is 0 Å². The Hall–Kier alpha value is -1.68. The molecule has 0 aliphatic rings. The predicted molar refractivity (Wildman–Crippen MR) is 59.2 cm³/mol. The largest absolute Gasteiger partial charge is 0.328 e. The Labute approximate surface area is 88.7 Å². The highest BCUT2D eigenvalue weighted by Gasteiger charge is 2.10. The zero-order valence-corrected chi connectivity index (χ0v) is 8.67. The van der Waals surface area contributed by atoms with E-state index in [-0.39, 0.29) is 6.04 Å². The molecule has 1 atom stereocenters. The first kappa shape index (κ1) is 9.86. The quantitative estimate of drug-likeness (QED) is 0.819. The van der Waals surface area contributed by atoms with Gasteiger partial charge in [-0.05, 0) is 6.92 Å². The first-order chi connectivity index (χ1) is 7.33. The van der Waals surface area contributed by atoms with Crippen LogP contribution in [0.1, 0.15) is 13.0 Å². The zero-order chi connectivity index (χ0) is 10.7. The van der Waals surface area contributed by atoms with E-state index in [9.17, 15) is 0 Å². The van der Waals surface area contributed by atoms with E-state index in [0.29, 0.717) is 6.54 Å². The lowest BCUT2D eigenvalue weighted by Crippen LogP contribution is -2.18. The summed E-state index contributed by atoms with van der Waals surface area (Å²) >= 11 is 0. The Morgan fingerprint density at radius 1 is 1.33 bits per heavy atom. The minimum Gasteiger partial charge on any atom is -0.328 e. The summed E-state index contributed by atoms with van der Waals surface area (Å²) in [7, 11) is 0. The Balaban J connectivity index is 2.41. The second-order valence-corrected chi connectivity index (χ2v) is 3.51. The maximum Gasteiger partial charge on any atom is 0.0889 e. The molecule has 1 aromatic heterocycles. The van der Waals surface area contributed by atoms with Crippen LogP contribution in [0.2, 0.25) is 0 Å². The molecule has 2 rings (SSSR count). The topological polar surface area (TPSA) is 56.7 Å². The molecular formula is C11H14N4. The molecule has 0 bridgehead atoms. The number of rotatable bonds is 3. The van der Waals surface area contributed by atoms with E-state index in [2.05, 4.69) is 10.3 Å². The molecule has 0 aliphatic heterocycles. The highest BCUT2D eigenvalue weighted by atomic mass is 15.4. The van der Waals surface area contributed by atoms with Gasteiger partial charge < -0.3 is 5.73 Å². The molecule has 0 radical (unpaired) electrons. The summed E-state index contributed by atoms with van der Waals surface area (Å²) in [5.41, 5.74) is 7.74. The van der Waals surface area contributed by atoms with E-state index < -0.39 is 0 Å². The van der Waals surface area contributed by atoms with E-state index in [4.69, 9.17) is 5.73 Å². The van der Waals surface area contributed by atoms with E-state index in [1.54, 1.807) is 6.20 Å². The van der Waals surface area contributed by atoms with Crippen LogP contribution in [0.5, 0.6) is 0 Å². The summed E-state index contributed by atoms with van der Waals surface area (Å²) in [5.74, 6) is 0. The van der Waals surface area contributed by atoms with Crippen molar-refractivity contribution in [1.82, 2.24) is 15.0 Å². The predicted octanol–water partition coefficient (Wildman–Crippen LogP) is 1.46. The van der Waals surface area contributed by atoms with Gasteiger partial charge in [0.2, 0.25) is 0 Å². The third-order valence-corrected chi connectivity index (χ3v) is 2.40. The molecular weight excluding hydrogens is 188 g/mol. The number of hydrogen-bond acceptors (Lipinski definition) is 3. The molecule has 78 valence electrons. The number of benzene rings is 1. The van der Waals surface area contributed by atoms with E-state index in [0.717, 1.165) is 11.3 Å². The fourth-order valence-electron chi connectivity index (χ4n) is 1.48. The first-order valence-corrected chi connectivity index (χ1v) is 4.98. The highest BCUT2D eigenvalue weighted by molar-refractivity contribution is 5.57. The van der Waals surface area contributed by atoms with Crippen LogP contribution < -0.4 is 5.73 Å². The van der Waals surface area contributed by atoms with Crippen molar-refractivity contribution in [3.63, 3.8) is 0 Å². The third-order valence-electron chi connectivity index (χ3n) is 2.40. The minimum atomic E-state index is 0.169. The van der Waals surface area contributed by atoms with Gasteiger partial charge in [-0.15, -0.1) is 5.10 Å². The van der Waals surface area contributed by atoms with Crippen molar-refractivity contribution >= 4 is 0 Å². The maximum absolute atomic E-state index is 5.62. The van der Waals surface area contributed by atoms with Gasteiger partial charge in [-0.3, -0.25) is 0 Å². The molecule has 0 saturated carbocycles. The first-order valence-electron chi connectivity index (χ1n) is 4.98. The standard InChI is InChI=1S/C11H14N4/c1-9(7-12)15-11(8-13-14-15)10-5-3-2-4-6-10/h2-6,8-9H,7,12H2,1H3. The monoisotopic (exact) mass is 202 g/mol. The van der Waals surface area contributed by atoms with Crippen LogP contribution in [0, 0.1) is 0 Å². The molecule has 0 aliphatic carbocycles. The fraction of sp³-hybridized carbons (Fsp3) is 0.273. The zero-order valence-electron chi connectivity index (χ0n) is 8.67. The SMILES string of the molecule is CC(CN)n1nncc1-c1ccccc1. The number of aromatic nitrogens is 3. The molecule has 0 spiro atoms. The third kappa shape index (κ3) is 1.89. The van der Waals surface area contributed by atoms with Gasteiger partial charge in [0.05, 0.1) is 17.9 Å². The van der Waals surface area contributed by atoms with Gasteiger partial charge in [0, 0.05) is 12.1 Å². The molecule has 2 aromatic rings. The van der Waals surface area contributed by atoms with Crippen molar-refractivity contribution in [1.29, 1.82) is 0 Å². The van der Waals surface area contributed by atoms with Crippen LogP contribution in [0.25, 0.3) is 11.3 Å². The van der Waals surface area contributed by atoms with Gasteiger partial charge in [0.15, 0.2) is 0 Å². The normalized spacial score (nSPS) is 12.7. The van der Waals surface area contributed by atoms with Gasteiger partial charge in [0.1, 0.15) is 0 Å². The van der Waals surface area contributed by atoms with Crippen molar-refractivity contribution in [3.8, 4) is 11.3 Å². The summed E-state index contributed by atoms with van der Waals surface area (Å²) in [5, 5.41) is 7.97. The van der Waals surface area contributed by atoms with Crippen LogP contribution in [0.3, 0.4) is 0 Å². The summed E-state index contributed by atoms with van der Waals surface area (Å²) < 4.78 is 1.86. The van der Waals surface area contributed by atoms with Crippen molar-refractivity contribution in [2.75, 3.05) is 6.54 Å². The number of nitrogens with two attached hydrogens (primary N) is 1. The number of nitrogens with zero attached hydrogens (tertiary/aromatic N) is 3. The van der Waals surface area contributed by atoms with Crippen LogP contribution in [0.15, 0.2) is 36.5 Å². The summed E-state index contributed by atoms with van der Waals surface area (Å²) in [6.45, 7) is 2.59. The summed E-state index contributed by atoms with van der Waals surface area (Å²) in [6, 6.07) is 10.2. The molecule has 2 N–H and O–H groups in total. The molecule has 1 unspecified atom stereocenters. The van der Waals surface area contributed by atoms with E-state index in [1.165, 1.54) is 0 Å². The van der Waals surface area contributed by atoms with E-state index >= 15 is 0 Å². The van der Waals surface area contributed by atoms with Gasteiger partial charge in [-0.1, -0.05) is 35.5 Å². The molecule has 0 saturated heterocycles. The second kappa shape index (κ2) is 4.23. The lowest BCUT2D eigenvalue weighted by Gasteiger charge is -2.11. The Kier molecular flexibility index (Phi) is 2.78. The van der Waals surface area contributed by atoms with Crippen molar-refractivity contribution in [2.45, 2.75) is 13.0 Å². The van der Waals surface area contributed by atoms with Gasteiger partial charge >= 0.3 is 0 Å². The smallest absolute Gasteiger partial charge is 0.0889 e. The molecule has 0 amide bonds. The molecule has 15 heavy (non-hydrogen) atoms. The second-order valence-electron chi connectivity index (χ2n) is 3.51. The van der Waals surface area contributed by atoms with Crippen molar-refractivity contribution < 1.29 is 0 Å². The van der Waals surface area contributed by atoms with Crippen molar-refractivity contribution in [3.05, 3.63) is 36.5 Å².